The molecular weight excluding hydrogens is 284 g/mol. The molecule has 0 fully saturated rings. The first-order valence-corrected chi connectivity index (χ1v) is 6.62. The van der Waals surface area contributed by atoms with E-state index in [0.717, 1.165) is 11.8 Å². The molecule has 0 saturated carbocycles. The molecule has 0 aliphatic heterocycles. The number of imidazole rings is 1. The van der Waals surface area contributed by atoms with E-state index in [9.17, 15) is 13.6 Å². The number of carbonyl (C=O) groups excluding carboxylic acids is 1. The summed E-state index contributed by atoms with van der Waals surface area (Å²) in [5, 5.41) is 4.29. The fraction of sp³-hybridized carbons (Fsp3) is 0.0769. The van der Waals surface area contributed by atoms with E-state index < -0.39 is 17.5 Å². The first-order chi connectivity index (χ1) is 9.54. The molecule has 20 heavy (non-hydrogen) atoms. The van der Waals surface area contributed by atoms with Crippen molar-refractivity contribution < 1.29 is 13.6 Å². The van der Waals surface area contributed by atoms with Gasteiger partial charge >= 0.3 is 0 Å². The molecule has 0 aliphatic rings. The van der Waals surface area contributed by atoms with Gasteiger partial charge in [0.05, 0.1) is 5.69 Å². The molecule has 0 spiro atoms. The van der Waals surface area contributed by atoms with E-state index in [0.29, 0.717) is 11.0 Å². The number of benzene rings is 1. The fourth-order valence-electron chi connectivity index (χ4n) is 1.78. The Hall–Kier alpha value is -2.28. The van der Waals surface area contributed by atoms with Crippen molar-refractivity contribution in [2.45, 2.75) is 6.92 Å². The normalized spacial score (nSPS) is 10.9. The zero-order valence-electron chi connectivity index (χ0n) is 10.4. The third kappa shape index (κ3) is 2.16. The van der Waals surface area contributed by atoms with E-state index in [1.54, 1.807) is 10.6 Å². The highest BCUT2D eigenvalue weighted by Gasteiger charge is 2.14. The lowest BCUT2D eigenvalue weighted by Crippen LogP contribution is -2.13. The summed E-state index contributed by atoms with van der Waals surface area (Å²) in [7, 11) is 0. The van der Waals surface area contributed by atoms with Gasteiger partial charge in [0, 0.05) is 23.3 Å². The molecule has 2 aromatic heterocycles. The number of nitrogens with one attached hydrogen (secondary N) is 1. The number of thiazole rings is 1. The number of nitrogens with zero attached hydrogens (tertiary/aromatic N) is 2. The van der Waals surface area contributed by atoms with Gasteiger partial charge in [0.1, 0.15) is 17.3 Å². The highest BCUT2D eigenvalue weighted by molar-refractivity contribution is 7.15. The molecule has 3 aromatic rings. The SMILES string of the molecule is Cc1csc2nc(C(=O)Nc3ccc(F)cc3F)cn12. The average Bonchev–Trinajstić information content (AvgIpc) is 2.96. The van der Waals surface area contributed by atoms with E-state index in [1.807, 2.05) is 12.3 Å². The van der Waals surface area contributed by atoms with Crippen LogP contribution < -0.4 is 5.32 Å². The van der Waals surface area contributed by atoms with Gasteiger partial charge in [0.25, 0.3) is 5.91 Å². The summed E-state index contributed by atoms with van der Waals surface area (Å²) < 4.78 is 28.0. The van der Waals surface area contributed by atoms with Gasteiger partial charge in [-0.15, -0.1) is 11.3 Å². The van der Waals surface area contributed by atoms with Crippen LogP contribution in [-0.2, 0) is 0 Å². The van der Waals surface area contributed by atoms with Gasteiger partial charge in [-0.1, -0.05) is 0 Å². The number of halogens is 2. The topological polar surface area (TPSA) is 46.4 Å². The number of hydrogen-bond donors (Lipinski definition) is 1. The highest BCUT2D eigenvalue weighted by Crippen LogP contribution is 2.18. The number of aromatic nitrogens is 2. The number of amides is 1. The van der Waals surface area contributed by atoms with Crippen molar-refractivity contribution in [2.24, 2.45) is 0 Å². The summed E-state index contributed by atoms with van der Waals surface area (Å²) >= 11 is 1.41. The molecular formula is C13H9F2N3OS. The smallest absolute Gasteiger partial charge is 0.275 e. The standard InChI is InChI=1S/C13H9F2N3OS/c1-7-6-20-13-17-11(5-18(7)13)12(19)16-10-3-2-8(14)4-9(10)15/h2-6H,1H3,(H,16,19). The first-order valence-electron chi connectivity index (χ1n) is 5.74. The van der Waals surface area contributed by atoms with Crippen molar-refractivity contribution in [3.05, 3.63) is 52.8 Å². The molecule has 4 nitrogen and oxygen atoms in total. The molecule has 3 rings (SSSR count). The van der Waals surface area contributed by atoms with Gasteiger partial charge in [-0.3, -0.25) is 9.20 Å². The number of hydrogen-bond acceptors (Lipinski definition) is 3. The Labute approximate surface area is 116 Å². The first kappa shape index (κ1) is 12.7. The second kappa shape index (κ2) is 4.68. The van der Waals surface area contributed by atoms with Gasteiger partial charge in [-0.25, -0.2) is 13.8 Å². The Bertz CT molecular complexity index is 809. The maximum Gasteiger partial charge on any atom is 0.275 e. The largest absolute Gasteiger partial charge is 0.318 e. The van der Waals surface area contributed by atoms with Gasteiger partial charge in [0.15, 0.2) is 4.96 Å². The number of rotatable bonds is 2. The molecule has 1 amide bonds. The van der Waals surface area contributed by atoms with Crippen molar-refractivity contribution in [3.8, 4) is 0 Å². The summed E-state index contributed by atoms with van der Waals surface area (Å²) in [4.78, 5) is 16.8. The van der Waals surface area contributed by atoms with Crippen LogP contribution >= 0.6 is 11.3 Å². The van der Waals surface area contributed by atoms with Crippen molar-refractivity contribution in [2.75, 3.05) is 5.32 Å². The van der Waals surface area contributed by atoms with Crippen molar-refractivity contribution in [1.82, 2.24) is 9.38 Å². The van der Waals surface area contributed by atoms with E-state index in [4.69, 9.17) is 0 Å². The maximum atomic E-state index is 13.5. The van der Waals surface area contributed by atoms with Crippen molar-refractivity contribution in [1.29, 1.82) is 0 Å². The summed E-state index contributed by atoms with van der Waals surface area (Å²) in [5.41, 5.74) is 1.07. The van der Waals surface area contributed by atoms with Gasteiger partial charge < -0.3 is 5.32 Å². The van der Waals surface area contributed by atoms with E-state index in [2.05, 4.69) is 10.3 Å². The third-order valence-electron chi connectivity index (χ3n) is 2.80. The molecule has 0 aliphatic carbocycles. The second-order valence-corrected chi connectivity index (χ2v) is 5.07. The number of aryl methyl sites for hydroxylation is 1. The molecule has 0 atom stereocenters. The Balaban J connectivity index is 1.88. The number of anilines is 1. The second-order valence-electron chi connectivity index (χ2n) is 4.23. The van der Waals surface area contributed by atoms with Gasteiger partial charge in [-0.05, 0) is 19.1 Å². The van der Waals surface area contributed by atoms with Crippen LogP contribution in [0, 0.1) is 18.6 Å². The molecule has 1 N–H and O–H groups in total. The minimum atomic E-state index is -0.824. The number of fused-ring (bicyclic) bond motifs is 1. The summed E-state index contributed by atoms with van der Waals surface area (Å²) in [6.45, 7) is 1.90. The van der Waals surface area contributed by atoms with Gasteiger partial charge in [0.2, 0.25) is 0 Å². The van der Waals surface area contributed by atoms with Crippen LogP contribution in [0.25, 0.3) is 4.96 Å². The number of carbonyl (C=O) groups is 1. The lowest BCUT2D eigenvalue weighted by molar-refractivity contribution is 0.102. The molecule has 1 aromatic carbocycles. The minimum absolute atomic E-state index is 0.0792. The predicted molar refractivity (Wildman–Crippen MR) is 72.1 cm³/mol. The van der Waals surface area contributed by atoms with Crippen LogP contribution in [0.4, 0.5) is 14.5 Å². The summed E-state index contributed by atoms with van der Waals surface area (Å²) in [6, 6.07) is 2.96. The lowest BCUT2D eigenvalue weighted by Gasteiger charge is -2.04. The molecule has 0 unspecified atom stereocenters. The van der Waals surface area contributed by atoms with Gasteiger partial charge in [-0.2, -0.15) is 0 Å². The summed E-state index contributed by atoms with van der Waals surface area (Å²) in [5.74, 6) is -2.06. The third-order valence-corrected chi connectivity index (χ3v) is 3.76. The van der Waals surface area contributed by atoms with Crippen LogP contribution in [0.5, 0.6) is 0 Å². The lowest BCUT2D eigenvalue weighted by atomic mass is 10.3. The Morgan fingerprint density at radius 1 is 1.40 bits per heavy atom. The molecule has 7 heteroatoms. The molecule has 0 saturated heterocycles. The fourth-order valence-corrected chi connectivity index (χ4v) is 2.63. The molecule has 0 bridgehead atoms. The van der Waals surface area contributed by atoms with Crippen LogP contribution in [0.2, 0.25) is 0 Å². The Morgan fingerprint density at radius 3 is 2.90 bits per heavy atom. The average molecular weight is 293 g/mol. The molecule has 0 radical (unpaired) electrons. The summed E-state index contributed by atoms with van der Waals surface area (Å²) in [6.07, 6.45) is 1.58. The predicted octanol–water partition coefficient (Wildman–Crippen LogP) is 3.23. The Morgan fingerprint density at radius 2 is 2.20 bits per heavy atom. The Kier molecular flexibility index (Phi) is 2.98. The minimum Gasteiger partial charge on any atom is -0.318 e. The van der Waals surface area contributed by atoms with Crippen LogP contribution in [0.1, 0.15) is 16.2 Å². The maximum absolute atomic E-state index is 13.5. The monoisotopic (exact) mass is 293 g/mol. The zero-order valence-corrected chi connectivity index (χ0v) is 11.2. The van der Waals surface area contributed by atoms with Crippen LogP contribution in [-0.4, -0.2) is 15.3 Å². The quantitative estimate of drug-likeness (QED) is 0.788. The van der Waals surface area contributed by atoms with Crippen LogP contribution in [0.3, 0.4) is 0 Å². The molecule has 102 valence electrons. The van der Waals surface area contributed by atoms with E-state index >= 15 is 0 Å². The molecule has 2 heterocycles. The van der Waals surface area contributed by atoms with E-state index in [1.165, 1.54) is 17.4 Å². The van der Waals surface area contributed by atoms with Crippen LogP contribution in [0.15, 0.2) is 29.8 Å². The zero-order chi connectivity index (χ0) is 14.3. The van der Waals surface area contributed by atoms with Crippen molar-refractivity contribution >= 4 is 27.9 Å². The van der Waals surface area contributed by atoms with E-state index in [-0.39, 0.29) is 11.4 Å². The van der Waals surface area contributed by atoms with Crippen molar-refractivity contribution in [3.63, 3.8) is 0 Å². The highest BCUT2D eigenvalue weighted by atomic mass is 32.1.